The number of carbonyl (C=O) groups is 1. The van der Waals surface area contributed by atoms with Crippen LogP contribution in [0.2, 0.25) is 18.1 Å². The number of esters is 1. The molecule has 1 saturated heterocycles. The average Bonchev–Trinajstić information content (AvgIpc) is 2.75. The minimum Gasteiger partial charge on any atom is -0.459 e. The number of fused-ring (bicyclic) bond motifs is 1. The first-order chi connectivity index (χ1) is 8.62. The SMILES string of the molecule is CC(C)(C)[Si](C)(C)OC[C@H]1OC(=O)[C@H]2C[C@@H](O)C[C@H]21. The van der Waals surface area contributed by atoms with E-state index in [2.05, 4.69) is 33.9 Å². The first-order valence-electron chi connectivity index (χ1n) is 7.14. The van der Waals surface area contributed by atoms with Gasteiger partial charge >= 0.3 is 5.97 Å². The van der Waals surface area contributed by atoms with Crippen molar-refractivity contribution in [1.29, 1.82) is 0 Å². The molecule has 1 saturated carbocycles. The normalized spacial score (nSPS) is 35.4. The molecule has 0 bridgehead atoms. The number of hydrogen-bond donors (Lipinski definition) is 1. The highest BCUT2D eigenvalue weighted by Crippen LogP contribution is 2.43. The third kappa shape index (κ3) is 2.88. The maximum absolute atomic E-state index is 11.8. The molecule has 0 amide bonds. The summed E-state index contributed by atoms with van der Waals surface area (Å²) in [5.41, 5.74) is 0. The van der Waals surface area contributed by atoms with Crippen LogP contribution >= 0.6 is 0 Å². The fraction of sp³-hybridized carbons (Fsp3) is 0.929. The van der Waals surface area contributed by atoms with Gasteiger partial charge in [-0.05, 0) is 31.0 Å². The maximum atomic E-state index is 11.8. The number of rotatable bonds is 3. The van der Waals surface area contributed by atoms with Crippen molar-refractivity contribution in [3.05, 3.63) is 0 Å². The third-order valence-corrected chi connectivity index (χ3v) is 9.55. The van der Waals surface area contributed by atoms with Crippen LogP contribution in [0.5, 0.6) is 0 Å². The smallest absolute Gasteiger partial charge is 0.309 e. The Balaban J connectivity index is 1.96. The van der Waals surface area contributed by atoms with Gasteiger partial charge in [0.2, 0.25) is 0 Å². The summed E-state index contributed by atoms with van der Waals surface area (Å²) >= 11 is 0. The Hall–Kier alpha value is -0.393. The van der Waals surface area contributed by atoms with E-state index in [1.165, 1.54) is 0 Å². The lowest BCUT2D eigenvalue weighted by molar-refractivity contribution is -0.146. The van der Waals surface area contributed by atoms with Gasteiger partial charge in [-0.3, -0.25) is 4.79 Å². The Morgan fingerprint density at radius 3 is 2.58 bits per heavy atom. The van der Waals surface area contributed by atoms with E-state index in [1.807, 2.05) is 0 Å². The first kappa shape index (κ1) is 15.0. The van der Waals surface area contributed by atoms with Gasteiger partial charge in [-0.2, -0.15) is 0 Å². The van der Waals surface area contributed by atoms with Crippen LogP contribution in [-0.4, -0.2) is 38.2 Å². The summed E-state index contributed by atoms with van der Waals surface area (Å²) in [6.45, 7) is 11.5. The van der Waals surface area contributed by atoms with E-state index in [4.69, 9.17) is 9.16 Å². The Kier molecular flexibility index (Phi) is 3.84. The molecule has 0 radical (unpaired) electrons. The molecule has 110 valence electrons. The summed E-state index contributed by atoms with van der Waals surface area (Å²) in [5.74, 6) is -0.110. The van der Waals surface area contributed by atoms with Crippen molar-refractivity contribution in [2.75, 3.05) is 6.61 Å². The van der Waals surface area contributed by atoms with E-state index in [0.717, 1.165) is 0 Å². The molecule has 0 aromatic rings. The van der Waals surface area contributed by atoms with Crippen molar-refractivity contribution in [2.45, 2.75) is 64.0 Å². The molecule has 1 aliphatic heterocycles. The van der Waals surface area contributed by atoms with E-state index in [0.29, 0.717) is 19.4 Å². The van der Waals surface area contributed by atoms with E-state index < -0.39 is 8.32 Å². The molecule has 0 unspecified atom stereocenters. The van der Waals surface area contributed by atoms with Crippen molar-refractivity contribution < 1.29 is 19.1 Å². The van der Waals surface area contributed by atoms with Crippen molar-refractivity contribution in [3.8, 4) is 0 Å². The van der Waals surface area contributed by atoms with Gasteiger partial charge in [-0.25, -0.2) is 0 Å². The first-order valence-corrected chi connectivity index (χ1v) is 10.0. The molecule has 0 aromatic carbocycles. The van der Waals surface area contributed by atoms with Gasteiger partial charge in [0.15, 0.2) is 8.32 Å². The van der Waals surface area contributed by atoms with Gasteiger partial charge in [0.25, 0.3) is 0 Å². The standard InChI is InChI=1S/C14H26O4Si/c1-14(2,3)19(4,5)17-8-12-10-6-9(15)7-11(10)13(16)18-12/h9-12,15H,6-8H2,1-5H3/t9-,10+,11-,12+/m0/s1. The van der Waals surface area contributed by atoms with Gasteiger partial charge in [0.05, 0.1) is 18.6 Å². The van der Waals surface area contributed by atoms with Crippen LogP contribution in [0.15, 0.2) is 0 Å². The minimum absolute atomic E-state index is 0.108. The maximum Gasteiger partial charge on any atom is 0.309 e. The lowest BCUT2D eigenvalue weighted by atomic mass is 9.94. The summed E-state index contributed by atoms with van der Waals surface area (Å²) in [4.78, 5) is 11.8. The second-order valence-electron chi connectivity index (χ2n) is 7.44. The molecule has 2 aliphatic rings. The van der Waals surface area contributed by atoms with Crippen LogP contribution in [0.1, 0.15) is 33.6 Å². The Labute approximate surface area is 116 Å². The highest BCUT2D eigenvalue weighted by atomic mass is 28.4. The van der Waals surface area contributed by atoms with Gasteiger partial charge in [0, 0.05) is 5.92 Å². The molecule has 2 fully saturated rings. The summed E-state index contributed by atoms with van der Waals surface area (Å²) < 4.78 is 11.6. The molecule has 0 spiro atoms. The summed E-state index contributed by atoms with van der Waals surface area (Å²) in [6, 6.07) is 0. The van der Waals surface area contributed by atoms with Crippen molar-refractivity contribution in [1.82, 2.24) is 0 Å². The van der Waals surface area contributed by atoms with Gasteiger partial charge in [-0.1, -0.05) is 20.8 Å². The molecule has 4 atom stereocenters. The number of hydrogen-bond acceptors (Lipinski definition) is 4. The van der Waals surface area contributed by atoms with Gasteiger partial charge in [0.1, 0.15) is 6.10 Å². The van der Waals surface area contributed by atoms with E-state index >= 15 is 0 Å². The molecule has 2 rings (SSSR count). The largest absolute Gasteiger partial charge is 0.459 e. The van der Waals surface area contributed by atoms with Crippen LogP contribution in [0.25, 0.3) is 0 Å². The predicted molar refractivity (Wildman–Crippen MR) is 75.2 cm³/mol. The Bertz CT molecular complexity index is 361. The average molecular weight is 286 g/mol. The Morgan fingerprint density at radius 2 is 2.00 bits per heavy atom. The molecule has 1 aliphatic carbocycles. The summed E-state index contributed by atoms with van der Waals surface area (Å²) in [7, 11) is -1.81. The Morgan fingerprint density at radius 1 is 1.37 bits per heavy atom. The third-order valence-electron chi connectivity index (χ3n) is 5.05. The van der Waals surface area contributed by atoms with Crippen LogP contribution in [0, 0.1) is 11.8 Å². The second kappa shape index (κ2) is 4.86. The number of ether oxygens (including phenoxy) is 1. The van der Waals surface area contributed by atoms with E-state index in [-0.39, 0.29) is 35.1 Å². The van der Waals surface area contributed by atoms with Crippen molar-refractivity contribution >= 4 is 14.3 Å². The lowest BCUT2D eigenvalue weighted by Gasteiger charge is -2.37. The summed E-state index contributed by atoms with van der Waals surface area (Å²) in [6.07, 6.45) is 0.712. The molecule has 5 heteroatoms. The molecule has 1 heterocycles. The van der Waals surface area contributed by atoms with Gasteiger partial charge in [-0.15, -0.1) is 0 Å². The highest BCUT2D eigenvalue weighted by molar-refractivity contribution is 6.74. The quantitative estimate of drug-likeness (QED) is 0.639. The van der Waals surface area contributed by atoms with E-state index in [9.17, 15) is 9.90 Å². The monoisotopic (exact) mass is 286 g/mol. The zero-order valence-electron chi connectivity index (χ0n) is 12.6. The van der Waals surface area contributed by atoms with Crippen LogP contribution < -0.4 is 0 Å². The number of carbonyl (C=O) groups excluding carboxylic acids is 1. The second-order valence-corrected chi connectivity index (χ2v) is 12.3. The number of aliphatic hydroxyl groups is 1. The molecule has 0 aromatic heterocycles. The zero-order valence-corrected chi connectivity index (χ0v) is 13.6. The fourth-order valence-corrected chi connectivity index (χ4v) is 3.73. The van der Waals surface area contributed by atoms with E-state index in [1.54, 1.807) is 0 Å². The molecule has 19 heavy (non-hydrogen) atoms. The highest BCUT2D eigenvalue weighted by Gasteiger charge is 2.51. The zero-order chi connectivity index (χ0) is 14.4. The lowest BCUT2D eigenvalue weighted by Crippen LogP contribution is -2.43. The topological polar surface area (TPSA) is 55.8 Å². The number of aliphatic hydroxyl groups excluding tert-OH is 1. The van der Waals surface area contributed by atoms with Crippen LogP contribution in [-0.2, 0) is 14.0 Å². The molecule has 4 nitrogen and oxygen atoms in total. The van der Waals surface area contributed by atoms with Crippen molar-refractivity contribution in [2.24, 2.45) is 11.8 Å². The fourth-order valence-electron chi connectivity index (χ4n) is 2.71. The predicted octanol–water partition coefficient (Wildman–Crippen LogP) is 2.32. The van der Waals surface area contributed by atoms with Crippen LogP contribution in [0.3, 0.4) is 0 Å². The minimum atomic E-state index is -1.81. The molecular weight excluding hydrogens is 260 g/mol. The molecule has 1 N–H and O–H groups in total. The van der Waals surface area contributed by atoms with Crippen LogP contribution in [0.4, 0.5) is 0 Å². The summed E-state index contributed by atoms with van der Waals surface area (Å²) in [5, 5.41) is 9.84. The van der Waals surface area contributed by atoms with Crippen molar-refractivity contribution in [3.63, 3.8) is 0 Å². The molecular formula is C14H26O4Si. The number of cyclic esters (lactones) is 1. The van der Waals surface area contributed by atoms with Gasteiger partial charge < -0.3 is 14.3 Å².